The molecular weight excluding hydrogens is 79.5 g/mol. The fraction of sp³-hybridized carbons (Fsp3) is 0. The van der Waals surface area contributed by atoms with E-state index in [-0.39, 0.29) is 17.9 Å². The molecule has 0 aliphatic heterocycles. The van der Waals surface area contributed by atoms with Gasteiger partial charge in [-0.3, -0.25) is 0 Å². The first-order chi connectivity index (χ1) is 1.00. The van der Waals surface area contributed by atoms with Crippen LogP contribution in [0, 0.1) is 10.8 Å². The highest BCUT2D eigenvalue weighted by atomic mass is 35.5. The third kappa shape index (κ3) is 6.88. The van der Waals surface area contributed by atoms with E-state index in [0.717, 1.165) is 0 Å². The van der Waals surface area contributed by atoms with Crippen molar-refractivity contribution in [2.75, 3.05) is 0 Å². The maximum absolute atomic E-state index is 6.00. The fourth-order valence-corrected chi connectivity index (χ4v) is 0. The van der Waals surface area contributed by atoms with Crippen LogP contribution in [0.5, 0.6) is 0 Å². The van der Waals surface area contributed by atoms with Crippen LogP contribution < -0.4 is 0 Å². The van der Waals surface area contributed by atoms with Crippen molar-refractivity contribution in [2.24, 2.45) is 0 Å². The Hall–Kier alpha value is -0.330. The lowest BCUT2D eigenvalue weighted by Crippen LogP contribution is -0.562. The summed E-state index contributed by atoms with van der Waals surface area (Å²) in [7, 11) is 0. The maximum Gasteiger partial charge on any atom is 0 e. The zero-order valence-corrected chi connectivity index (χ0v) is 2.62. The highest BCUT2D eigenvalue weighted by Gasteiger charge is 0.577. The molecule has 0 aliphatic rings. The summed E-state index contributed by atoms with van der Waals surface area (Å²) in [6.07, 6.45) is 0. The predicted octanol–water partition coefficient (Wildman–Crippen LogP) is -0.373. The van der Waals surface area contributed by atoms with Crippen molar-refractivity contribution in [3.8, 4) is 0 Å². The normalized spacial score (nSPS) is 0.500. The molecule has 0 heterocycles. The van der Waals surface area contributed by atoms with Gasteiger partial charge in [0, 0.05) is 10.8 Å². The number of hydrogen-bond donors (Lipinski definition) is 0. The molecule has 0 bridgehead atoms. The van der Waals surface area contributed by atoms with Crippen molar-refractivity contribution in [3.05, 3.63) is 0 Å². The molecule has 0 amide bonds. The minimum absolute atomic E-state index is 0. The highest BCUT2D eigenvalue weighted by Crippen LogP contribution is 0.690. The molecule has 4 heteroatoms. The van der Waals surface area contributed by atoms with Crippen LogP contribution in [0.4, 0.5) is 0 Å². The van der Waals surface area contributed by atoms with Crippen molar-refractivity contribution >= 4 is 12.4 Å². The molecule has 0 saturated heterocycles. The lowest BCUT2D eigenvalue weighted by molar-refractivity contribution is 0.824. The van der Waals surface area contributed by atoms with Crippen LogP contribution in [0.3, 0.4) is 0 Å². The Morgan fingerprint density at radius 2 is 1.00 bits per heavy atom. The van der Waals surface area contributed by atoms with Crippen LogP contribution in [0.25, 0.3) is 0 Å². The molecule has 4 heavy (non-hydrogen) atoms. The molecule has 0 rings (SSSR count). The molecule has 0 aliphatic carbocycles. The molecule has 0 aromatic carbocycles. The van der Waals surface area contributed by atoms with E-state index in [4.69, 9.17) is 10.8 Å². The van der Waals surface area contributed by atoms with Gasteiger partial charge < -0.3 is 5.48 Å². The van der Waals surface area contributed by atoms with E-state index < -0.39 is 0 Å². The summed E-state index contributed by atoms with van der Waals surface area (Å²) >= 11 is 0. The van der Waals surface area contributed by atoms with Crippen molar-refractivity contribution < 1.29 is 5.48 Å². The average molecular weight is 82.5 g/mol. The SMILES string of the molecule is Cl.N#N.O. The van der Waals surface area contributed by atoms with Crippen LogP contribution in [0.1, 0.15) is 0 Å². The molecule has 0 saturated carbocycles. The largest absolute Gasteiger partial charge is 0.412 e. The van der Waals surface area contributed by atoms with E-state index >= 15 is 0 Å². The molecule has 2 N–H and O–H groups in total. The molecule has 0 atom stereocenters. The van der Waals surface area contributed by atoms with Gasteiger partial charge >= 0.3 is 0 Å². The predicted molar refractivity (Wildman–Crippen MR) is 14.3 cm³/mol. The van der Waals surface area contributed by atoms with Crippen LogP contribution in [-0.4, -0.2) is 5.48 Å². The highest BCUT2D eigenvalue weighted by molar-refractivity contribution is 5.85. The van der Waals surface area contributed by atoms with E-state index in [9.17, 15) is 0 Å². The molecule has 0 aromatic rings. The second kappa shape index (κ2) is 68.4. The minimum Gasteiger partial charge on any atom is -0.412 e. The monoisotopic (exact) mass is 82.0 g/mol. The molecule has 0 aromatic heterocycles. The molecule has 0 spiro atoms. The van der Waals surface area contributed by atoms with Gasteiger partial charge in [-0.1, -0.05) is 0 Å². The lowest BCUT2D eigenvalue weighted by Gasteiger charge is -0.577. The zero-order chi connectivity index (χ0) is 2.00. The van der Waals surface area contributed by atoms with Crippen molar-refractivity contribution in [1.82, 2.24) is 0 Å². The van der Waals surface area contributed by atoms with Gasteiger partial charge in [-0.15, -0.1) is 12.4 Å². The Balaban J connectivity index is -0.00000000500. The van der Waals surface area contributed by atoms with Gasteiger partial charge in [0.15, 0.2) is 0 Å². The quantitative estimate of drug-likeness (QED) is 0.374. The second-order valence-corrected chi connectivity index (χ2v) is 0. The third-order valence-corrected chi connectivity index (χ3v) is 0. The summed E-state index contributed by atoms with van der Waals surface area (Å²) in [6, 6.07) is 0. The van der Waals surface area contributed by atoms with Gasteiger partial charge in [-0.2, -0.15) is 0 Å². The third-order valence-electron chi connectivity index (χ3n) is 0. The van der Waals surface area contributed by atoms with Crippen LogP contribution in [0.15, 0.2) is 0 Å². The molecular formula is H3ClN2O. The molecule has 0 fully saturated rings. The Morgan fingerprint density at radius 3 is 1.00 bits per heavy atom. The number of nitrogens with zero attached hydrogens (tertiary/aromatic N) is 2. The van der Waals surface area contributed by atoms with E-state index in [1.165, 1.54) is 0 Å². The number of rotatable bonds is 0. The van der Waals surface area contributed by atoms with Gasteiger partial charge in [0.2, 0.25) is 0 Å². The Kier molecular flexibility index (Phi) is 996. The summed E-state index contributed by atoms with van der Waals surface area (Å²) < 4.78 is 0. The fourth-order valence-electron chi connectivity index (χ4n) is 0. The van der Waals surface area contributed by atoms with E-state index in [2.05, 4.69) is 0 Å². The summed E-state index contributed by atoms with van der Waals surface area (Å²) in [4.78, 5) is 0. The summed E-state index contributed by atoms with van der Waals surface area (Å²) in [5, 5.41) is 12.0. The first-order valence-electron chi connectivity index (χ1n) is 0.200. The van der Waals surface area contributed by atoms with Crippen LogP contribution >= 0.6 is 12.4 Å². The first-order valence-corrected chi connectivity index (χ1v) is 0.200. The average Bonchev–Trinajstić information content (AvgIpc) is 1.00. The number of hydrogen-bond acceptors (Lipinski definition) is 2. The minimum atomic E-state index is 0. The summed E-state index contributed by atoms with van der Waals surface area (Å²) in [5.74, 6) is 0. The molecule has 0 radical (unpaired) electrons. The topological polar surface area (TPSA) is 79.1 Å². The van der Waals surface area contributed by atoms with Crippen LogP contribution in [0.2, 0.25) is 0 Å². The molecule has 26 valence electrons. The second-order valence-electron chi connectivity index (χ2n) is 0. The Bertz CT molecular complexity index is 10.8. The van der Waals surface area contributed by atoms with Gasteiger partial charge in [-0.05, 0) is 0 Å². The molecule has 0 unspecified atom stereocenters. The van der Waals surface area contributed by atoms with Crippen molar-refractivity contribution in [1.29, 1.82) is 10.8 Å². The number of halogens is 1. The molecule has 3 nitrogen and oxygen atoms in total. The van der Waals surface area contributed by atoms with Gasteiger partial charge in [0.05, 0.1) is 0 Å². The maximum atomic E-state index is 6.00. The Morgan fingerprint density at radius 1 is 1.00 bits per heavy atom. The summed E-state index contributed by atoms with van der Waals surface area (Å²) in [5.41, 5.74) is 0. The first kappa shape index (κ1) is 58.3. The van der Waals surface area contributed by atoms with E-state index in [1.54, 1.807) is 0 Å². The van der Waals surface area contributed by atoms with Crippen molar-refractivity contribution in [3.63, 3.8) is 0 Å². The van der Waals surface area contributed by atoms with Gasteiger partial charge in [-0.25, -0.2) is 0 Å². The van der Waals surface area contributed by atoms with Crippen LogP contribution in [-0.2, 0) is 0 Å². The van der Waals surface area contributed by atoms with E-state index in [0.29, 0.717) is 0 Å². The Labute approximate surface area is 29.8 Å². The zero-order valence-electron chi connectivity index (χ0n) is 1.80. The summed E-state index contributed by atoms with van der Waals surface area (Å²) in [6.45, 7) is 0. The van der Waals surface area contributed by atoms with Gasteiger partial charge in [0.25, 0.3) is 0 Å². The standard InChI is InChI=1S/ClH.N2.H2O/c;1-2;/h1H;;1H2. The van der Waals surface area contributed by atoms with Crippen molar-refractivity contribution in [2.45, 2.75) is 0 Å². The van der Waals surface area contributed by atoms with E-state index in [1.807, 2.05) is 0 Å². The lowest BCUT2D eigenvalue weighted by atomic mass is 13.4. The van der Waals surface area contributed by atoms with Gasteiger partial charge in [0.1, 0.15) is 0 Å². The smallest absolute Gasteiger partial charge is 0 e.